The van der Waals surface area contributed by atoms with Gasteiger partial charge in [0.25, 0.3) is 0 Å². The van der Waals surface area contributed by atoms with Crippen LogP contribution in [-0.2, 0) is 0 Å². The summed E-state index contributed by atoms with van der Waals surface area (Å²) in [5.74, 6) is -0.0893. The normalized spacial score (nSPS) is 12.0. The van der Waals surface area contributed by atoms with E-state index in [0.717, 1.165) is 0 Å². The topological polar surface area (TPSA) is 79.7 Å². The monoisotopic (exact) mass is 165 g/mol. The largest absolute Gasteiger partial charge is 0.370 e. The minimum Gasteiger partial charge on any atom is -0.370 e. The van der Waals surface area contributed by atoms with E-state index in [4.69, 9.17) is 11.1 Å². The first-order valence-electron chi connectivity index (χ1n) is 3.44. The molecule has 0 aliphatic heterocycles. The fraction of sp³-hybridized carbons (Fsp3) is 0.143. The summed E-state index contributed by atoms with van der Waals surface area (Å²) in [6, 6.07) is 0. The molecule has 12 heavy (non-hydrogen) atoms. The van der Waals surface area contributed by atoms with Crippen molar-refractivity contribution in [3.05, 3.63) is 31.4 Å². The third-order valence-corrected chi connectivity index (χ3v) is 1.37. The highest BCUT2D eigenvalue weighted by Crippen LogP contribution is 2.00. The van der Waals surface area contributed by atoms with Gasteiger partial charge in [-0.05, 0) is 6.08 Å². The molecule has 1 heterocycles. The van der Waals surface area contributed by atoms with Gasteiger partial charge in [-0.1, -0.05) is 6.58 Å². The first-order chi connectivity index (χ1) is 5.74. The van der Waals surface area contributed by atoms with E-state index in [1.165, 1.54) is 0 Å². The summed E-state index contributed by atoms with van der Waals surface area (Å²) in [7, 11) is 0. The molecule has 0 aliphatic carbocycles. The van der Waals surface area contributed by atoms with Gasteiger partial charge in [0.15, 0.2) is 5.96 Å². The number of guanidine groups is 1. The molecule has 0 bridgehead atoms. The summed E-state index contributed by atoms with van der Waals surface area (Å²) in [4.78, 5) is 3.86. The van der Waals surface area contributed by atoms with Crippen LogP contribution in [0.1, 0.15) is 6.17 Å². The molecule has 0 saturated carbocycles. The van der Waals surface area contributed by atoms with Crippen molar-refractivity contribution in [2.24, 2.45) is 5.73 Å². The first kappa shape index (κ1) is 8.32. The fourth-order valence-corrected chi connectivity index (χ4v) is 0.848. The molecule has 0 saturated heterocycles. The molecule has 0 aromatic carbocycles. The van der Waals surface area contributed by atoms with E-state index in [0.29, 0.717) is 0 Å². The number of nitrogens with one attached hydrogen (secondary N) is 2. The third kappa shape index (κ3) is 1.85. The van der Waals surface area contributed by atoms with Crippen LogP contribution in [0.25, 0.3) is 0 Å². The average Bonchev–Trinajstić information content (AvgIpc) is 2.51. The summed E-state index contributed by atoms with van der Waals surface area (Å²) < 4.78 is 1.76. The van der Waals surface area contributed by atoms with Gasteiger partial charge in [0, 0.05) is 12.4 Å². The molecule has 5 nitrogen and oxygen atoms in total. The van der Waals surface area contributed by atoms with Gasteiger partial charge in [-0.2, -0.15) is 0 Å². The number of nitrogens with zero attached hydrogens (tertiary/aromatic N) is 2. The highest BCUT2D eigenvalue weighted by molar-refractivity contribution is 5.74. The molecular formula is C7H11N5. The predicted octanol–water partition coefficient (Wildman–Crippen LogP) is 0.0508. The maximum Gasteiger partial charge on any atom is 0.187 e. The van der Waals surface area contributed by atoms with Crippen molar-refractivity contribution in [3.8, 4) is 0 Å². The van der Waals surface area contributed by atoms with Crippen LogP contribution in [0.2, 0.25) is 0 Å². The van der Waals surface area contributed by atoms with Crippen LogP contribution in [0, 0.1) is 5.41 Å². The van der Waals surface area contributed by atoms with Gasteiger partial charge in [-0.25, -0.2) is 4.98 Å². The Kier molecular flexibility index (Phi) is 2.47. The van der Waals surface area contributed by atoms with Crippen LogP contribution in [-0.4, -0.2) is 15.5 Å². The van der Waals surface area contributed by atoms with Crippen LogP contribution < -0.4 is 11.1 Å². The predicted molar refractivity (Wildman–Crippen MR) is 46.5 cm³/mol. The summed E-state index contributed by atoms with van der Waals surface area (Å²) in [6.45, 7) is 3.61. The molecule has 0 amide bonds. The number of aromatic nitrogens is 2. The lowest BCUT2D eigenvalue weighted by molar-refractivity contribution is 0.566. The molecule has 1 aromatic rings. The van der Waals surface area contributed by atoms with Gasteiger partial charge < -0.3 is 15.6 Å². The van der Waals surface area contributed by atoms with E-state index in [2.05, 4.69) is 16.9 Å². The molecule has 5 heteroatoms. The summed E-state index contributed by atoms with van der Waals surface area (Å²) in [5, 5.41) is 9.71. The zero-order chi connectivity index (χ0) is 8.97. The number of nitrogens with two attached hydrogens (primary N) is 1. The van der Waals surface area contributed by atoms with Gasteiger partial charge in [0.1, 0.15) is 6.17 Å². The standard InChI is InChI=1S/C7H11N5/c1-2-6(11-7(8)9)12-4-3-10-5-12/h2-6H,1H2,(H4,8,9,11). The number of hydrogen-bond acceptors (Lipinski definition) is 2. The number of hydrogen-bond donors (Lipinski definition) is 3. The molecule has 0 fully saturated rings. The summed E-state index contributed by atoms with van der Waals surface area (Å²) >= 11 is 0. The highest BCUT2D eigenvalue weighted by atomic mass is 15.2. The minimum absolute atomic E-state index is 0.0893. The molecular weight excluding hydrogens is 154 g/mol. The van der Waals surface area contributed by atoms with Gasteiger partial charge >= 0.3 is 0 Å². The van der Waals surface area contributed by atoms with Crippen LogP contribution in [0.5, 0.6) is 0 Å². The van der Waals surface area contributed by atoms with Crippen molar-refractivity contribution in [1.29, 1.82) is 5.41 Å². The van der Waals surface area contributed by atoms with Crippen LogP contribution in [0.4, 0.5) is 0 Å². The molecule has 64 valence electrons. The van der Waals surface area contributed by atoms with Crippen molar-refractivity contribution in [1.82, 2.24) is 14.9 Å². The molecule has 0 spiro atoms. The molecule has 0 radical (unpaired) electrons. The third-order valence-electron chi connectivity index (χ3n) is 1.37. The Hall–Kier alpha value is -1.78. The lowest BCUT2D eigenvalue weighted by Crippen LogP contribution is -2.35. The lowest BCUT2D eigenvalue weighted by atomic mass is 10.4. The Morgan fingerprint density at radius 2 is 2.58 bits per heavy atom. The molecule has 1 unspecified atom stereocenters. The van der Waals surface area contributed by atoms with Crippen molar-refractivity contribution >= 4 is 5.96 Å². The highest BCUT2D eigenvalue weighted by Gasteiger charge is 2.03. The van der Waals surface area contributed by atoms with Gasteiger partial charge in [0.2, 0.25) is 0 Å². The Bertz CT molecular complexity index is 263. The second kappa shape index (κ2) is 3.56. The zero-order valence-electron chi connectivity index (χ0n) is 6.57. The Morgan fingerprint density at radius 3 is 3.00 bits per heavy atom. The quantitative estimate of drug-likeness (QED) is 0.336. The van der Waals surface area contributed by atoms with Crippen molar-refractivity contribution < 1.29 is 0 Å². The number of imidazole rings is 1. The molecule has 0 aliphatic rings. The SMILES string of the molecule is C=CC(NC(=N)N)n1ccnc1. The molecule has 1 rings (SSSR count). The Labute approximate surface area is 70.4 Å². The van der Waals surface area contributed by atoms with E-state index in [9.17, 15) is 0 Å². The van der Waals surface area contributed by atoms with Crippen LogP contribution in [0.3, 0.4) is 0 Å². The maximum absolute atomic E-state index is 7.02. The van der Waals surface area contributed by atoms with E-state index >= 15 is 0 Å². The van der Waals surface area contributed by atoms with E-state index in [1.54, 1.807) is 29.4 Å². The average molecular weight is 165 g/mol. The summed E-state index contributed by atoms with van der Waals surface area (Å²) in [6.07, 6.45) is 6.48. The molecule has 4 N–H and O–H groups in total. The second-order valence-electron chi connectivity index (χ2n) is 2.25. The maximum atomic E-state index is 7.02. The van der Waals surface area contributed by atoms with E-state index in [-0.39, 0.29) is 12.1 Å². The van der Waals surface area contributed by atoms with Crippen LogP contribution >= 0.6 is 0 Å². The molecule has 1 aromatic heterocycles. The zero-order valence-corrected chi connectivity index (χ0v) is 6.57. The van der Waals surface area contributed by atoms with E-state index < -0.39 is 0 Å². The molecule has 1 atom stereocenters. The lowest BCUT2D eigenvalue weighted by Gasteiger charge is -2.15. The fourth-order valence-electron chi connectivity index (χ4n) is 0.848. The van der Waals surface area contributed by atoms with Gasteiger partial charge in [0.05, 0.1) is 6.33 Å². The Balaban J connectivity index is 2.69. The van der Waals surface area contributed by atoms with Gasteiger partial charge in [-0.3, -0.25) is 5.41 Å². The first-order valence-corrected chi connectivity index (χ1v) is 3.44. The van der Waals surface area contributed by atoms with E-state index in [1.807, 2.05) is 0 Å². The Morgan fingerprint density at radius 1 is 1.83 bits per heavy atom. The summed E-state index contributed by atoms with van der Waals surface area (Å²) in [5.41, 5.74) is 5.17. The van der Waals surface area contributed by atoms with Crippen molar-refractivity contribution in [2.75, 3.05) is 0 Å². The van der Waals surface area contributed by atoms with Crippen molar-refractivity contribution in [2.45, 2.75) is 6.17 Å². The van der Waals surface area contributed by atoms with Gasteiger partial charge in [-0.15, -0.1) is 0 Å². The van der Waals surface area contributed by atoms with Crippen molar-refractivity contribution in [3.63, 3.8) is 0 Å². The van der Waals surface area contributed by atoms with Crippen LogP contribution in [0.15, 0.2) is 31.4 Å². The number of rotatable bonds is 3. The minimum atomic E-state index is -0.204. The second-order valence-corrected chi connectivity index (χ2v) is 2.25. The smallest absolute Gasteiger partial charge is 0.187 e.